The zero-order valence-corrected chi connectivity index (χ0v) is 15.8. The maximum atomic E-state index is 13.0. The van der Waals surface area contributed by atoms with Gasteiger partial charge in [-0.05, 0) is 36.2 Å². The third-order valence-corrected chi connectivity index (χ3v) is 4.57. The number of nitrogens with one attached hydrogen (secondary N) is 2. The van der Waals surface area contributed by atoms with Gasteiger partial charge in [0.25, 0.3) is 0 Å². The molecule has 0 spiro atoms. The molecule has 3 nitrogen and oxygen atoms in total. The number of benzene rings is 3. The van der Waals surface area contributed by atoms with Crippen LogP contribution in [0.15, 0.2) is 84.9 Å². The Hall–Kier alpha value is -3.12. The summed E-state index contributed by atoms with van der Waals surface area (Å²) in [4.78, 5) is 13.0. The third-order valence-electron chi connectivity index (χ3n) is 4.57. The molecule has 0 bridgehead atoms. The van der Waals surface area contributed by atoms with Crippen molar-refractivity contribution in [2.24, 2.45) is 0 Å². The molecule has 150 valence electrons. The Kier molecular flexibility index (Phi) is 6.34. The first kappa shape index (κ1) is 20.6. The van der Waals surface area contributed by atoms with Gasteiger partial charge in [-0.1, -0.05) is 66.7 Å². The second-order valence-electron chi connectivity index (χ2n) is 6.71. The molecule has 0 aliphatic rings. The fourth-order valence-corrected chi connectivity index (χ4v) is 3.04. The summed E-state index contributed by atoms with van der Waals surface area (Å²) >= 11 is 0. The van der Waals surface area contributed by atoms with Crippen molar-refractivity contribution in [1.82, 2.24) is 5.32 Å². The molecule has 2 atom stereocenters. The first-order valence-electron chi connectivity index (χ1n) is 9.18. The van der Waals surface area contributed by atoms with Crippen molar-refractivity contribution in [3.05, 3.63) is 102 Å². The maximum absolute atomic E-state index is 13.0. The first-order valence-corrected chi connectivity index (χ1v) is 9.18. The van der Waals surface area contributed by atoms with E-state index in [1.54, 1.807) is 12.1 Å². The van der Waals surface area contributed by atoms with Gasteiger partial charge in [-0.2, -0.15) is 13.2 Å². The van der Waals surface area contributed by atoms with Crippen LogP contribution in [0.2, 0.25) is 0 Å². The SMILES string of the molecule is CC(NC(C(=O)Nc1cccc(C(F)(F)F)c1)c1ccccc1)c1ccccc1. The molecule has 0 heterocycles. The topological polar surface area (TPSA) is 41.1 Å². The molecule has 0 saturated carbocycles. The summed E-state index contributed by atoms with van der Waals surface area (Å²) in [5.74, 6) is -0.432. The first-order chi connectivity index (χ1) is 13.8. The molecular weight excluding hydrogens is 377 g/mol. The van der Waals surface area contributed by atoms with Gasteiger partial charge in [0, 0.05) is 11.7 Å². The lowest BCUT2D eigenvalue weighted by Gasteiger charge is -2.24. The monoisotopic (exact) mass is 398 g/mol. The number of hydrogen-bond acceptors (Lipinski definition) is 2. The van der Waals surface area contributed by atoms with E-state index in [4.69, 9.17) is 0 Å². The van der Waals surface area contributed by atoms with E-state index in [1.165, 1.54) is 12.1 Å². The normalized spacial score (nSPS) is 13.5. The summed E-state index contributed by atoms with van der Waals surface area (Å²) in [5, 5.41) is 5.89. The van der Waals surface area contributed by atoms with Gasteiger partial charge in [-0.3, -0.25) is 10.1 Å². The fourth-order valence-electron chi connectivity index (χ4n) is 3.04. The molecule has 3 aromatic rings. The van der Waals surface area contributed by atoms with Crippen LogP contribution >= 0.6 is 0 Å². The standard InChI is InChI=1S/C23H21F3N2O/c1-16(17-9-4-2-5-10-17)27-21(18-11-6-3-7-12-18)22(29)28-20-14-8-13-19(15-20)23(24,25)26/h2-16,21,27H,1H3,(H,28,29). The van der Waals surface area contributed by atoms with Crippen LogP contribution in [0.5, 0.6) is 0 Å². The second kappa shape index (κ2) is 8.92. The number of hydrogen-bond donors (Lipinski definition) is 2. The number of carbonyl (C=O) groups is 1. The van der Waals surface area contributed by atoms with E-state index in [9.17, 15) is 18.0 Å². The minimum absolute atomic E-state index is 0.0971. The Morgan fingerprint density at radius 3 is 2.00 bits per heavy atom. The van der Waals surface area contributed by atoms with Crippen molar-refractivity contribution < 1.29 is 18.0 Å². The van der Waals surface area contributed by atoms with Crippen LogP contribution in [-0.2, 0) is 11.0 Å². The van der Waals surface area contributed by atoms with E-state index >= 15 is 0 Å². The summed E-state index contributed by atoms with van der Waals surface area (Å²) in [7, 11) is 0. The van der Waals surface area contributed by atoms with Gasteiger partial charge in [-0.15, -0.1) is 0 Å². The minimum Gasteiger partial charge on any atom is -0.324 e. The highest BCUT2D eigenvalue weighted by atomic mass is 19.4. The number of amides is 1. The van der Waals surface area contributed by atoms with Crippen molar-refractivity contribution in [2.45, 2.75) is 25.2 Å². The highest BCUT2D eigenvalue weighted by Crippen LogP contribution is 2.31. The molecule has 0 aliphatic carbocycles. The number of carbonyl (C=O) groups excluding carboxylic acids is 1. The Bertz CT molecular complexity index is 943. The molecule has 1 amide bonds. The number of halogens is 3. The number of rotatable bonds is 6. The fraction of sp³-hybridized carbons (Fsp3) is 0.174. The van der Waals surface area contributed by atoms with E-state index in [1.807, 2.05) is 55.5 Å². The highest BCUT2D eigenvalue weighted by Gasteiger charge is 2.31. The van der Waals surface area contributed by atoms with E-state index in [-0.39, 0.29) is 11.7 Å². The summed E-state index contributed by atoms with van der Waals surface area (Å²) in [6, 6.07) is 22.4. The van der Waals surface area contributed by atoms with Crippen LogP contribution in [-0.4, -0.2) is 5.91 Å². The predicted molar refractivity (Wildman–Crippen MR) is 107 cm³/mol. The zero-order chi connectivity index (χ0) is 20.9. The Morgan fingerprint density at radius 1 is 0.828 bits per heavy atom. The van der Waals surface area contributed by atoms with E-state index < -0.39 is 23.7 Å². The van der Waals surface area contributed by atoms with Crippen molar-refractivity contribution in [2.75, 3.05) is 5.32 Å². The van der Waals surface area contributed by atoms with Crippen molar-refractivity contribution in [3.63, 3.8) is 0 Å². The lowest BCUT2D eigenvalue weighted by Crippen LogP contribution is -2.34. The maximum Gasteiger partial charge on any atom is 0.416 e. The van der Waals surface area contributed by atoms with Gasteiger partial charge in [0.15, 0.2) is 0 Å². The van der Waals surface area contributed by atoms with E-state index in [0.29, 0.717) is 0 Å². The van der Waals surface area contributed by atoms with Crippen LogP contribution in [0.1, 0.15) is 35.7 Å². The van der Waals surface area contributed by atoms with Crippen LogP contribution in [0.3, 0.4) is 0 Å². The molecule has 3 rings (SSSR count). The van der Waals surface area contributed by atoms with Crippen LogP contribution in [0.25, 0.3) is 0 Å². The smallest absolute Gasteiger partial charge is 0.324 e. The lowest BCUT2D eigenvalue weighted by atomic mass is 10.0. The molecule has 2 N–H and O–H groups in total. The summed E-state index contributed by atoms with van der Waals surface area (Å²) in [5.41, 5.74) is 1.01. The summed E-state index contributed by atoms with van der Waals surface area (Å²) in [6.45, 7) is 1.93. The average molecular weight is 398 g/mol. The molecule has 0 saturated heterocycles. The van der Waals surface area contributed by atoms with Crippen LogP contribution in [0.4, 0.5) is 18.9 Å². The highest BCUT2D eigenvalue weighted by molar-refractivity contribution is 5.95. The Balaban J connectivity index is 1.84. The zero-order valence-electron chi connectivity index (χ0n) is 15.8. The lowest BCUT2D eigenvalue weighted by molar-refractivity contribution is -0.137. The molecule has 6 heteroatoms. The van der Waals surface area contributed by atoms with Gasteiger partial charge in [0.1, 0.15) is 6.04 Å². The summed E-state index contributed by atoms with van der Waals surface area (Å²) < 4.78 is 38.9. The molecule has 0 radical (unpaired) electrons. The van der Waals surface area contributed by atoms with Gasteiger partial charge >= 0.3 is 6.18 Å². The second-order valence-corrected chi connectivity index (χ2v) is 6.71. The largest absolute Gasteiger partial charge is 0.416 e. The van der Waals surface area contributed by atoms with E-state index in [0.717, 1.165) is 23.3 Å². The van der Waals surface area contributed by atoms with Crippen molar-refractivity contribution in [3.8, 4) is 0 Å². The van der Waals surface area contributed by atoms with Crippen molar-refractivity contribution >= 4 is 11.6 Å². The Labute approximate surface area is 167 Å². The van der Waals surface area contributed by atoms with Gasteiger partial charge in [0.05, 0.1) is 5.56 Å². The van der Waals surface area contributed by atoms with Crippen molar-refractivity contribution in [1.29, 1.82) is 0 Å². The molecule has 0 fully saturated rings. The molecule has 2 unspecified atom stereocenters. The van der Waals surface area contributed by atoms with Gasteiger partial charge < -0.3 is 5.32 Å². The molecule has 29 heavy (non-hydrogen) atoms. The molecule has 0 aromatic heterocycles. The molecule has 3 aromatic carbocycles. The third kappa shape index (κ3) is 5.45. The number of alkyl halides is 3. The summed E-state index contributed by atoms with van der Waals surface area (Å²) in [6.07, 6.45) is -4.47. The minimum atomic E-state index is -4.47. The average Bonchev–Trinajstić information content (AvgIpc) is 2.72. The van der Waals surface area contributed by atoms with Crippen LogP contribution < -0.4 is 10.6 Å². The quantitative estimate of drug-likeness (QED) is 0.556. The van der Waals surface area contributed by atoms with Gasteiger partial charge in [-0.25, -0.2) is 0 Å². The van der Waals surface area contributed by atoms with Crippen LogP contribution in [0, 0.1) is 0 Å². The predicted octanol–water partition coefficient (Wildman–Crippen LogP) is 5.74. The Morgan fingerprint density at radius 2 is 1.41 bits per heavy atom. The molecular formula is C23H21F3N2O. The molecule has 0 aliphatic heterocycles. The van der Waals surface area contributed by atoms with Gasteiger partial charge in [0.2, 0.25) is 5.91 Å². The number of anilines is 1. The van der Waals surface area contributed by atoms with E-state index in [2.05, 4.69) is 10.6 Å².